The fourth-order valence-electron chi connectivity index (χ4n) is 3.13. The van der Waals surface area contributed by atoms with Crippen molar-refractivity contribution < 1.29 is 9.47 Å². The molecule has 0 bridgehead atoms. The lowest BCUT2D eigenvalue weighted by Gasteiger charge is -2.21. The zero-order valence-electron chi connectivity index (χ0n) is 15.7. The van der Waals surface area contributed by atoms with E-state index in [1.165, 1.54) is 5.56 Å². The number of rotatable bonds is 7. The first-order chi connectivity index (χ1) is 13.0. The van der Waals surface area contributed by atoms with Crippen LogP contribution in [0.1, 0.15) is 5.56 Å². The number of hydrogen-bond donors (Lipinski definition) is 0. The second kappa shape index (κ2) is 8.59. The number of nitrogens with zero attached hydrogens (tertiary/aromatic N) is 2. The Hall–Kier alpha value is -2.31. The highest BCUT2D eigenvalue weighted by Crippen LogP contribution is 2.27. The molecule has 0 spiro atoms. The van der Waals surface area contributed by atoms with Gasteiger partial charge in [0.05, 0.1) is 26.4 Å². The van der Waals surface area contributed by atoms with Gasteiger partial charge in [0.2, 0.25) is 0 Å². The largest absolute Gasteiger partial charge is 0.493 e. The van der Waals surface area contributed by atoms with E-state index in [0.717, 1.165) is 39.8 Å². The third kappa shape index (κ3) is 4.34. The number of ether oxygens (including phenoxy) is 2. The molecule has 6 heteroatoms. The number of hydrogen-bond acceptors (Lipinski definition) is 4. The van der Waals surface area contributed by atoms with Crippen LogP contribution in [0.2, 0.25) is 0 Å². The van der Waals surface area contributed by atoms with Crippen LogP contribution in [0.15, 0.2) is 57.9 Å². The summed E-state index contributed by atoms with van der Waals surface area (Å²) in [5.74, 6) is 1.48. The van der Waals surface area contributed by atoms with E-state index in [-0.39, 0.29) is 5.43 Å². The van der Waals surface area contributed by atoms with Crippen LogP contribution in [0.25, 0.3) is 10.9 Å². The highest BCUT2D eigenvalue weighted by atomic mass is 79.9. The molecule has 0 unspecified atom stereocenters. The molecule has 142 valence electrons. The average molecular weight is 431 g/mol. The smallest absolute Gasteiger partial charge is 0.189 e. The first-order valence-corrected chi connectivity index (χ1v) is 9.50. The molecule has 1 aromatic heterocycles. The summed E-state index contributed by atoms with van der Waals surface area (Å²) in [6.45, 7) is 1.56. The Kier molecular flexibility index (Phi) is 6.19. The van der Waals surface area contributed by atoms with Gasteiger partial charge in [-0.05, 0) is 59.2 Å². The zero-order valence-corrected chi connectivity index (χ0v) is 17.3. The van der Waals surface area contributed by atoms with Crippen molar-refractivity contribution in [2.24, 2.45) is 0 Å². The molecule has 0 radical (unpaired) electrons. The van der Waals surface area contributed by atoms with E-state index in [0.29, 0.717) is 6.67 Å². The maximum Gasteiger partial charge on any atom is 0.189 e. The first-order valence-electron chi connectivity index (χ1n) is 8.70. The summed E-state index contributed by atoms with van der Waals surface area (Å²) in [4.78, 5) is 14.3. The van der Waals surface area contributed by atoms with E-state index < -0.39 is 0 Å². The highest BCUT2D eigenvalue weighted by Gasteiger charge is 2.09. The quantitative estimate of drug-likeness (QED) is 0.569. The van der Waals surface area contributed by atoms with Gasteiger partial charge in [-0.25, -0.2) is 0 Å². The molecular formula is C21H23BrN2O3. The lowest BCUT2D eigenvalue weighted by Crippen LogP contribution is -2.25. The molecule has 2 aromatic carbocycles. The molecule has 3 aromatic rings. The van der Waals surface area contributed by atoms with Gasteiger partial charge in [-0.1, -0.05) is 12.1 Å². The van der Waals surface area contributed by atoms with Crippen molar-refractivity contribution in [2.45, 2.75) is 13.1 Å². The van der Waals surface area contributed by atoms with E-state index in [2.05, 4.69) is 38.5 Å². The van der Waals surface area contributed by atoms with Crippen molar-refractivity contribution in [2.75, 3.05) is 27.8 Å². The van der Waals surface area contributed by atoms with Crippen molar-refractivity contribution in [3.05, 3.63) is 68.9 Å². The molecule has 0 atom stereocenters. The fraction of sp³-hybridized carbons (Fsp3) is 0.286. The van der Waals surface area contributed by atoms with Gasteiger partial charge >= 0.3 is 0 Å². The Labute approximate surface area is 167 Å². The van der Waals surface area contributed by atoms with Crippen LogP contribution in [0, 0.1) is 0 Å². The lowest BCUT2D eigenvalue weighted by molar-refractivity contribution is 0.275. The van der Waals surface area contributed by atoms with Crippen LogP contribution in [0.3, 0.4) is 0 Å². The van der Waals surface area contributed by atoms with E-state index in [1.54, 1.807) is 20.3 Å². The number of aromatic nitrogens is 1. The van der Waals surface area contributed by atoms with Crippen LogP contribution in [-0.2, 0) is 13.1 Å². The minimum absolute atomic E-state index is 0.0375. The Morgan fingerprint density at radius 2 is 1.85 bits per heavy atom. The van der Waals surface area contributed by atoms with Gasteiger partial charge in [0.25, 0.3) is 0 Å². The molecule has 5 nitrogen and oxygen atoms in total. The van der Waals surface area contributed by atoms with E-state index in [9.17, 15) is 4.79 Å². The summed E-state index contributed by atoms with van der Waals surface area (Å²) in [6.07, 6.45) is 2.73. The molecule has 0 aliphatic rings. The van der Waals surface area contributed by atoms with E-state index in [1.807, 2.05) is 36.5 Å². The molecule has 3 rings (SSSR count). The predicted octanol–water partition coefficient (Wildman–Crippen LogP) is 3.91. The van der Waals surface area contributed by atoms with Gasteiger partial charge in [-0.2, -0.15) is 0 Å². The number of pyridine rings is 1. The summed E-state index contributed by atoms with van der Waals surface area (Å²) in [6, 6.07) is 13.3. The Morgan fingerprint density at radius 1 is 1.07 bits per heavy atom. The normalized spacial score (nSPS) is 11.1. The summed E-state index contributed by atoms with van der Waals surface area (Å²) >= 11 is 3.57. The third-order valence-electron chi connectivity index (χ3n) is 4.57. The summed E-state index contributed by atoms with van der Waals surface area (Å²) < 4.78 is 13.7. The zero-order chi connectivity index (χ0) is 19.4. The summed E-state index contributed by atoms with van der Waals surface area (Å²) in [7, 11) is 5.35. The number of likely N-dealkylation sites (N-methyl/N-ethyl adjacent to an activating group) is 1. The molecule has 0 saturated carbocycles. The highest BCUT2D eigenvalue weighted by molar-refractivity contribution is 9.10. The molecule has 0 saturated heterocycles. The van der Waals surface area contributed by atoms with Gasteiger partial charge in [-0.15, -0.1) is 0 Å². The molecule has 0 amide bonds. The van der Waals surface area contributed by atoms with Gasteiger partial charge in [0.15, 0.2) is 16.9 Å². The van der Waals surface area contributed by atoms with Crippen LogP contribution in [0.4, 0.5) is 0 Å². The average Bonchev–Trinajstić information content (AvgIpc) is 2.68. The molecule has 27 heavy (non-hydrogen) atoms. The second-order valence-corrected chi connectivity index (χ2v) is 7.30. The van der Waals surface area contributed by atoms with Crippen molar-refractivity contribution >= 4 is 26.8 Å². The fourth-order valence-corrected chi connectivity index (χ4v) is 3.73. The van der Waals surface area contributed by atoms with Crippen molar-refractivity contribution in [1.29, 1.82) is 0 Å². The van der Waals surface area contributed by atoms with E-state index >= 15 is 0 Å². The molecule has 0 aliphatic carbocycles. The van der Waals surface area contributed by atoms with Crippen LogP contribution >= 0.6 is 15.9 Å². The molecule has 0 aliphatic heterocycles. The molecular weight excluding hydrogens is 408 g/mol. The molecule has 0 fully saturated rings. The maximum atomic E-state index is 12.1. The van der Waals surface area contributed by atoms with Gasteiger partial charge in [0.1, 0.15) is 0 Å². The van der Waals surface area contributed by atoms with Crippen molar-refractivity contribution in [1.82, 2.24) is 9.47 Å². The van der Waals surface area contributed by atoms with E-state index in [4.69, 9.17) is 9.47 Å². The lowest BCUT2D eigenvalue weighted by atomic mass is 10.1. The SMILES string of the molecule is COc1ccc(CCN(C)Cn2ccc(=O)c3cccc(Br)c32)cc1OC. The summed E-state index contributed by atoms with van der Waals surface area (Å²) in [5.41, 5.74) is 2.14. The summed E-state index contributed by atoms with van der Waals surface area (Å²) in [5, 5.41) is 0.722. The van der Waals surface area contributed by atoms with Gasteiger partial charge in [0, 0.05) is 28.7 Å². The number of fused-ring (bicyclic) bond motifs is 1. The second-order valence-electron chi connectivity index (χ2n) is 6.45. The topological polar surface area (TPSA) is 43.7 Å². The van der Waals surface area contributed by atoms with Crippen LogP contribution < -0.4 is 14.9 Å². The standard InChI is InChI=1S/C21H23BrN2O3/c1-23(11-9-15-7-8-19(26-2)20(13-15)27-3)14-24-12-10-18(25)16-5-4-6-17(22)21(16)24/h4-8,10,12-13H,9,11,14H2,1-3H3. The van der Waals surface area contributed by atoms with Crippen molar-refractivity contribution in [3.8, 4) is 11.5 Å². The first kappa shape index (κ1) is 19.5. The Morgan fingerprint density at radius 3 is 2.59 bits per heavy atom. The number of methoxy groups -OCH3 is 2. The number of benzene rings is 2. The minimum Gasteiger partial charge on any atom is -0.493 e. The monoisotopic (exact) mass is 430 g/mol. The van der Waals surface area contributed by atoms with Gasteiger partial charge < -0.3 is 14.0 Å². The Balaban J connectivity index is 1.74. The predicted molar refractivity (Wildman–Crippen MR) is 112 cm³/mol. The minimum atomic E-state index is 0.0375. The Bertz CT molecular complexity index is 1000. The number of para-hydroxylation sites is 1. The molecule has 1 heterocycles. The maximum absolute atomic E-state index is 12.1. The van der Waals surface area contributed by atoms with Crippen LogP contribution in [-0.4, -0.2) is 37.3 Å². The third-order valence-corrected chi connectivity index (χ3v) is 5.21. The molecule has 0 N–H and O–H groups in total. The van der Waals surface area contributed by atoms with Crippen LogP contribution in [0.5, 0.6) is 11.5 Å². The number of halogens is 1. The van der Waals surface area contributed by atoms with Crippen molar-refractivity contribution in [3.63, 3.8) is 0 Å². The van der Waals surface area contributed by atoms with Gasteiger partial charge in [-0.3, -0.25) is 9.69 Å².